The van der Waals surface area contributed by atoms with Crippen molar-refractivity contribution in [2.24, 2.45) is 0 Å². The lowest BCUT2D eigenvalue weighted by molar-refractivity contribution is -0.149. The molecular formula is C17H25NO3. The third-order valence-corrected chi connectivity index (χ3v) is 4.15. The Morgan fingerprint density at radius 2 is 2.00 bits per heavy atom. The monoisotopic (exact) mass is 291 g/mol. The fourth-order valence-electron chi connectivity index (χ4n) is 2.86. The molecule has 0 bridgehead atoms. The van der Waals surface area contributed by atoms with E-state index in [-0.39, 0.29) is 12.7 Å². The highest BCUT2D eigenvalue weighted by Gasteiger charge is 2.41. The molecule has 1 aromatic rings. The fraction of sp³-hybridized carbons (Fsp3) is 0.588. The summed E-state index contributed by atoms with van der Waals surface area (Å²) in [5, 5.41) is 13.0. The van der Waals surface area contributed by atoms with Crippen molar-refractivity contribution in [3.05, 3.63) is 35.9 Å². The van der Waals surface area contributed by atoms with Gasteiger partial charge in [0.25, 0.3) is 0 Å². The van der Waals surface area contributed by atoms with Crippen LogP contribution < -0.4 is 5.32 Å². The van der Waals surface area contributed by atoms with Crippen LogP contribution in [0.15, 0.2) is 30.3 Å². The quantitative estimate of drug-likeness (QED) is 0.773. The molecule has 0 aromatic heterocycles. The van der Waals surface area contributed by atoms with E-state index < -0.39 is 11.5 Å². The van der Waals surface area contributed by atoms with Gasteiger partial charge in [-0.3, -0.25) is 5.32 Å². The summed E-state index contributed by atoms with van der Waals surface area (Å²) in [6, 6.07) is 9.35. The normalized spacial score (nSPS) is 18.5. The average Bonchev–Trinajstić information content (AvgIpc) is 3.02. The molecule has 0 radical (unpaired) electrons. The van der Waals surface area contributed by atoms with Gasteiger partial charge >= 0.3 is 5.97 Å². The van der Waals surface area contributed by atoms with E-state index >= 15 is 0 Å². The summed E-state index contributed by atoms with van der Waals surface area (Å²) < 4.78 is 5.94. The molecule has 21 heavy (non-hydrogen) atoms. The predicted octanol–water partition coefficient (Wildman–Crippen LogP) is 2.93. The molecule has 1 fully saturated rings. The molecule has 2 rings (SSSR count). The zero-order valence-corrected chi connectivity index (χ0v) is 12.7. The number of carbonyl (C=O) groups is 1. The van der Waals surface area contributed by atoms with E-state index in [9.17, 15) is 9.90 Å². The zero-order chi connectivity index (χ0) is 15.1. The first-order valence-electron chi connectivity index (χ1n) is 7.84. The predicted molar refractivity (Wildman–Crippen MR) is 82.3 cm³/mol. The average molecular weight is 291 g/mol. The maximum atomic E-state index is 12.0. The van der Waals surface area contributed by atoms with Crippen molar-refractivity contribution in [2.45, 2.75) is 50.7 Å². The van der Waals surface area contributed by atoms with E-state index in [1.165, 1.54) is 12.8 Å². The second kappa shape index (κ2) is 7.57. The third-order valence-electron chi connectivity index (χ3n) is 4.15. The summed E-state index contributed by atoms with van der Waals surface area (Å²) in [4.78, 5) is 12.0. The summed E-state index contributed by atoms with van der Waals surface area (Å²) in [6.45, 7) is 2.86. The fourth-order valence-corrected chi connectivity index (χ4v) is 2.86. The highest BCUT2D eigenvalue weighted by molar-refractivity contribution is 5.81. The van der Waals surface area contributed by atoms with E-state index in [0.29, 0.717) is 6.54 Å². The lowest BCUT2D eigenvalue weighted by atomic mass is 9.90. The van der Waals surface area contributed by atoms with Crippen LogP contribution in [0.3, 0.4) is 0 Å². The number of aliphatic carboxylic acids is 1. The second-order valence-electron chi connectivity index (χ2n) is 5.72. The van der Waals surface area contributed by atoms with Gasteiger partial charge < -0.3 is 9.84 Å². The van der Waals surface area contributed by atoms with Gasteiger partial charge in [0.2, 0.25) is 0 Å². The highest BCUT2D eigenvalue weighted by Crippen LogP contribution is 2.27. The topological polar surface area (TPSA) is 58.6 Å². The molecule has 0 amide bonds. The summed E-state index contributed by atoms with van der Waals surface area (Å²) in [7, 11) is 0. The number of hydrogen-bond donors (Lipinski definition) is 2. The number of carboxylic acid groups (broad SMARTS) is 1. The van der Waals surface area contributed by atoms with Crippen LogP contribution >= 0.6 is 0 Å². The van der Waals surface area contributed by atoms with E-state index in [4.69, 9.17) is 4.74 Å². The van der Waals surface area contributed by atoms with Crippen molar-refractivity contribution in [2.75, 3.05) is 13.2 Å². The smallest absolute Gasteiger partial charge is 0.331 e. The van der Waals surface area contributed by atoms with E-state index in [0.717, 1.165) is 24.8 Å². The highest BCUT2D eigenvalue weighted by atomic mass is 16.5. The van der Waals surface area contributed by atoms with Crippen molar-refractivity contribution < 1.29 is 14.6 Å². The van der Waals surface area contributed by atoms with Crippen LogP contribution in [-0.4, -0.2) is 30.3 Å². The van der Waals surface area contributed by atoms with Gasteiger partial charge in [0.05, 0.1) is 12.7 Å². The first kappa shape index (κ1) is 16.0. The number of nitrogens with one attached hydrogen (secondary N) is 1. The Balaban J connectivity index is 2.19. The van der Waals surface area contributed by atoms with Gasteiger partial charge in [-0.15, -0.1) is 0 Å². The molecule has 1 aliphatic carbocycles. The van der Waals surface area contributed by atoms with E-state index in [1.807, 2.05) is 37.3 Å². The maximum absolute atomic E-state index is 12.0. The zero-order valence-electron chi connectivity index (χ0n) is 12.7. The number of benzene rings is 1. The minimum atomic E-state index is -1.15. The molecule has 1 unspecified atom stereocenters. The van der Waals surface area contributed by atoms with E-state index in [1.54, 1.807) is 0 Å². The number of hydrogen-bond acceptors (Lipinski definition) is 3. The molecule has 4 heteroatoms. The molecule has 1 aromatic carbocycles. The summed E-state index contributed by atoms with van der Waals surface area (Å²) in [5.41, 5.74) is -0.399. The van der Waals surface area contributed by atoms with Crippen molar-refractivity contribution >= 4 is 5.97 Å². The Morgan fingerprint density at radius 1 is 1.33 bits per heavy atom. The van der Waals surface area contributed by atoms with Gasteiger partial charge in [-0.05, 0) is 31.4 Å². The minimum absolute atomic E-state index is 0.178. The van der Waals surface area contributed by atoms with E-state index in [2.05, 4.69) is 5.32 Å². The molecule has 0 aliphatic heterocycles. The lowest BCUT2D eigenvalue weighted by Gasteiger charge is -2.32. The lowest BCUT2D eigenvalue weighted by Crippen LogP contribution is -2.53. The molecule has 2 N–H and O–H groups in total. The molecule has 0 spiro atoms. The van der Waals surface area contributed by atoms with Crippen molar-refractivity contribution in [3.8, 4) is 0 Å². The summed E-state index contributed by atoms with van der Waals surface area (Å²) >= 11 is 0. The SMILES string of the molecule is CCCNC(COC1CCCC1)(C(=O)O)c1ccccc1. The number of ether oxygens (including phenoxy) is 1. The Kier molecular flexibility index (Phi) is 5.76. The molecular weight excluding hydrogens is 266 g/mol. The Morgan fingerprint density at radius 3 is 2.57 bits per heavy atom. The molecule has 1 atom stereocenters. The van der Waals surface area contributed by atoms with Crippen LogP contribution in [0.2, 0.25) is 0 Å². The molecule has 116 valence electrons. The van der Waals surface area contributed by atoms with Gasteiger partial charge in [0, 0.05) is 0 Å². The van der Waals surface area contributed by atoms with Gasteiger partial charge in [0.15, 0.2) is 5.54 Å². The Bertz CT molecular complexity index is 443. The first-order chi connectivity index (χ1) is 10.2. The van der Waals surface area contributed by atoms with Crippen molar-refractivity contribution in [1.29, 1.82) is 0 Å². The van der Waals surface area contributed by atoms with Crippen LogP contribution in [0.4, 0.5) is 0 Å². The molecule has 4 nitrogen and oxygen atoms in total. The van der Waals surface area contributed by atoms with Crippen molar-refractivity contribution in [1.82, 2.24) is 5.32 Å². The molecule has 0 heterocycles. The summed E-state index contributed by atoms with van der Waals surface area (Å²) in [5.74, 6) is -0.875. The number of carboxylic acids is 1. The summed E-state index contributed by atoms with van der Waals surface area (Å²) in [6.07, 6.45) is 5.52. The van der Waals surface area contributed by atoms with Gasteiger partial charge in [0.1, 0.15) is 0 Å². The molecule has 0 saturated heterocycles. The first-order valence-corrected chi connectivity index (χ1v) is 7.84. The minimum Gasteiger partial charge on any atom is -0.480 e. The van der Waals surface area contributed by atoms with Crippen LogP contribution in [0.25, 0.3) is 0 Å². The van der Waals surface area contributed by atoms with Crippen LogP contribution in [0.1, 0.15) is 44.6 Å². The molecule has 1 aliphatic rings. The van der Waals surface area contributed by atoms with Crippen LogP contribution in [-0.2, 0) is 15.1 Å². The Hall–Kier alpha value is -1.39. The standard InChI is InChI=1S/C17H25NO3/c1-2-12-18-17(16(19)20,14-8-4-3-5-9-14)13-21-15-10-6-7-11-15/h3-5,8-9,15,18H,2,6-7,10-13H2,1H3,(H,19,20). The van der Waals surface area contributed by atoms with Crippen LogP contribution in [0.5, 0.6) is 0 Å². The largest absolute Gasteiger partial charge is 0.480 e. The Labute approximate surface area is 126 Å². The number of rotatable bonds is 8. The maximum Gasteiger partial charge on any atom is 0.331 e. The van der Waals surface area contributed by atoms with Crippen molar-refractivity contribution in [3.63, 3.8) is 0 Å². The second-order valence-corrected chi connectivity index (χ2v) is 5.72. The third kappa shape index (κ3) is 3.83. The van der Waals surface area contributed by atoms with Gasteiger partial charge in [-0.2, -0.15) is 0 Å². The van der Waals surface area contributed by atoms with Gasteiger partial charge in [-0.25, -0.2) is 4.79 Å². The van der Waals surface area contributed by atoms with Crippen LogP contribution in [0, 0.1) is 0 Å². The van der Waals surface area contributed by atoms with Gasteiger partial charge in [-0.1, -0.05) is 50.1 Å². The molecule has 1 saturated carbocycles.